The number of hydrogen-bond acceptors (Lipinski definition) is 4. The molecule has 0 saturated carbocycles. The minimum atomic E-state index is -0.397. The van der Waals surface area contributed by atoms with Gasteiger partial charge in [-0.15, -0.1) is 0 Å². The molecule has 0 aliphatic heterocycles. The minimum absolute atomic E-state index is 0.00634. The van der Waals surface area contributed by atoms with Crippen LogP contribution in [-0.2, 0) is 11.3 Å². The van der Waals surface area contributed by atoms with Crippen LogP contribution in [-0.4, -0.2) is 25.0 Å². The molecule has 0 fully saturated rings. The summed E-state index contributed by atoms with van der Waals surface area (Å²) in [5.41, 5.74) is 4.45. The van der Waals surface area contributed by atoms with Gasteiger partial charge in [-0.1, -0.05) is 44.2 Å². The maximum atomic E-state index is 13.8. The van der Waals surface area contributed by atoms with E-state index in [0.717, 1.165) is 33.3 Å². The molecule has 3 aromatic heterocycles. The van der Waals surface area contributed by atoms with Crippen molar-refractivity contribution < 1.29 is 9.18 Å². The molecule has 5 aromatic rings. The van der Waals surface area contributed by atoms with Crippen LogP contribution in [0.25, 0.3) is 27.8 Å². The summed E-state index contributed by atoms with van der Waals surface area (Å²) < 4.78 is 17.4. The second-order valence-electron chi connectivity index (χ2n) is 9.44. The molecule has 192 valence electrons. The number of fused-ring (bicyclic) bond motifs is 1. The standard InChI is InChI=1S/C30H28FN5O2/c1-4-19(2)29(37)34-28-30(38)36(27(16-33-28)22-8-6-5-7-9-22)18-21-12-24(15-32-14-21)35-17-20(3)25-13-23(31)10-11-26(25)35/h5-17,19H,4,18H2,1-3H3,(H,33,34,37)/t19-/m1/s1. The third kappa shape index (κ3) is 4.85. The lowest BCUT2D eigenvalue weighted by atomic mass is 10.1. The lowest BCUT2D eigenvalue weighted by molar-refractivity contribution is -0.119. The van der Waals surface area contributed by atoms with Crippen LogP contribution in [0.15, 0.2) is 84.2 Å². The molecule has 0 radical (unpaired) electrons. The Morgan fingerprint density at radius 1 is 1.08 bits per heavy atom. The van der Waals surface area contributed by atoms with Crippen molar-refractivity contribution >= 4 is 22.6 Å². The van der Waals surface area contributed by atoms with Gasteiger partial charge in [0.2, 0.25) is 5.91 Å². The van der Waals surface area contributed by atoms with Crippen LogP contribution in [0.5, 0.6) is 0 Å². The summed E-state index contributed by atoms with van der Waals surface area (Å²) in [4.78, 5) is 34.9. The largest absolute Gasteiger partial charge is 0.315 e. The molecule has 0 spiro atoms. The Kier molecular flexibility index (Phi) is 6.87. The number of nitrogens with zero attached hydrogens (tertiary/aromatic N) is 4. The van der Waals surface area contributed by atoms with E-state index in [-0.39, 0.29) is 30.0 Å². The topological polar surface area (TPSA) is 81.8 Å². The molecule has 1 amide bonds. The van der Waals surface area contributed by atoms with Crippen molar-refractivity contribution in [2.24, 2.45) is 5.92 Å². The maximum absolute atomic E-state index is 13.8. The van der Waals surface area contributed by atoms with Crippen LogP contribution in [0.3, 0.4) is 0 Å². The molecule has 0 unspecified atom stereocenters. The molecular formula is C30H28FN5O2. The van der Waals surface area contributed by atoms with Crippen molar-refractivity contribution in [3.05, 3.63) is 107 Å². The Balaban J connectivity index is 1.57. The van der Waals surface area contributed by atoms with Gasteiger partial charge >= 0.3 is 0 Å². The first kappa shape index (κ1) is 25.1. The minimum Gasteiger partial charge on any atom is -0.315 e. The highest BCUT2D eigenvalue weighted by Gasteiger charge is 2.18. The van der Waals surface area contributed by atoms with E-state index in [4.69, 9.17) is 0 Å². The van der Waals surface area contributed by atoms with Gasteiger partial charge in [-0.25, -0.2) is 9.37 Å². The summed E-state index contributed by atoms with van der Waals surface area (Å²) in [6, 6.07) is 16.2. The predicted molar refractivity (Wildman–Crippen MR) is 147 cm³/mol. The second-order valence-corrected chi connectivity index (χ2v) is 9.44. The van der Waals surface area contributed by atoms with Crippen LogP contribution in [0, 0.1) is 18.7 Å². The Morgan fingerprint density at radius 2 is 1.87 bits per heavy atom. The van der Waals surface area contributed by atoms with Gasteiger partial charge in [0.05, 0.1) is 35.8 Å². The number of pyridine rings is 1. The Bertz CT molecular complexity index is 1690. The van der Waals surface area contributed by atoms with Crippen molar-refractivity contribution in [1.82, 2.24) is 19.1 Å². The van der Waals surface area contributed by atoms with E-state index in [2.05, 4.69) is 15.3 Å². The van der Waals surface area contributed by atoms with Gasteiger partial charge < -0.3 is 9.88 Å². The highest BCUT2D eigenvalue weighted by molar-refractivity contribution is 5.91. The summed E-state index contributed by atoms with van der Waals surface area (Å²) in [7, 11) is 0. The van der Waals surface area contributed by atoms with Gasteiger partial charge in [0.15, 0.2) is 5.82 Å². The first-order valence-corrected chi connectivity index (χ1v) is 12.5. The molecule has 38 heavy (non-hydrogen) atoms. The van der Waals surface area contributed by atoms with E-state index < -0.39 is 5.56 Å². The van der Waals surface area contributed by atoms with Crippen LogP contribution >= 0.6 is 0 Å². The molecule has 1 atom stereocenters. The Labute approximate surface area is 219 Å². The quantitative estimate of drug-likeness (QED) is 0.304. The number of hydrogen-bond donors (Lipinski definition) is 1. The van der Waals surface area contributed by atoms with E-state index in [1.54, 1.807) is 29.2 Å². The molecule has 8 heteroatoms. The number of aromatic nitrogens is 4. The van der Waals surface area contributed by atoms with Crippen LogP contribution < -0.4 is 10.9 Å². The molecule has 3 heterocycles. The number of amides is 1. The number of halogens is 1. The number of carbonyl (C=O) groups is 1. The average Bonchev–Trinajstić information content (AvgIpc) is 3.26. The fourth-order valence-corrected chi connectivity index (χ4v) is 4.45. The average molecular weight is 510 g/mol. The zero-order chi connectivity index (χ0) is 26.8. The van der Waals surface area contributed by atoms with Gasteiger partial charge in [0, 0.05) is 23.7 Å². The third-order valence-electron chi connectivity index (χ3n) is 6.79. The van der Waals surface area contributed by atoms with E-state index in [1.807, 2.05) is 67.9 Å². The van der Waals surface area contributed by atoms with Gasteiger partial charge in [0.1, 0.15) is 5.82 Å². The summed E-state index contributed by atoms with van der Waals surface area (Å²) in [6.45, 7) is 5.88. The number of benzene rings is 2. The SMILES string of the molecule is CC[C@@H](C)C(=O)Nc1ncc(-c2ccccc2)n(Cc2cncc(-n3cc(C)c4cc(F)ccc43)c2)c1=O. The van der Waals surface area contributed by atoms with E-state index in [1.165, 1.54) is 12.1 Å². The van der Waals surface area contributed by atoms with Gasteiger partial charge in [-0.05, 0) is 54.3 Å². The first-order chi connectivity index (χ1) is 18.4. The van der Waals surface area contributed by atoms with E-state index in [0.29, 0.717) is 12.1 Å². The number of aryl methyl sites for hydroxylation is 1. The Morgan fingerprint density at radius 3 is 2.63 bits per heavy atom. The van der Waals surface area contributed by atoms with Crippen molar-refractivity contribution in [2.45, 2.75) is 33.7 Å². The number of nitrogens with one attached hydrogen (secondary N) is 1. The zero-order valence-electron chi connectivity index (χ0n) is 21.5. The summed E-state index contributed by atoms with van der Waals surface area (Å²) >= 11 is 0. The molecule has 7 nitrogen and oxygen atoms in total. The summed E-state index contributed by atoms with van der Waals surface area (Å²) in [6.07, 6.45) is 7.65. The maximum Gasteiger partial charge on any atom is 0.294 e. The fourth-order valence-electron chi connectivity index (χ4n) is 4.45. The lowest BCUT2D eigenvalue weighted by Crippen LogP contribution is -2.30. The highest BCUT2D eigenvalue weighted by atomic mass is 19.1. The lowest BCUT2D eigenvalue weighted by Gasteiger charge is -2.16. The number of rotatable bonds is 7. The molecule has 5 rings (SSSR count). The summed E-state index contributed by atoms with van der Waals surface area (Å²) in [5.74, 6) is -0.779. The van der Waals surface area contributed by atoms with Crippen molar-refractivity contribution in [3.8, 4) is 16.9 Å². The van der Waals surface area contributed by atoms with Crippen molar-refractivity contribution in [2.75, 3.05) is 5.32 Å². The first-order valence-electron chi connectivity index (χ1n) is 12.5. The fraction of sp³-hybridized carbons (Fsp3) is 0.200. The zero-order valence-corrected chi connectivity index (χ0v) is 21.5. The van der Waals surface area contributed by atoms with Crippen molar-refractivity contribution in [3.63, 3.8) is 0 Å². The monoisotopic (exact) mass is 509 g/mol. The second kappa shape index (κ2) is 10.4. The molecule has 2 aromatic carbocycles. The van der Waals surface area contributed by atoms with E-state index >= 15 is 0 Å². The summed E-state index contributed by atoms with van der Waals surface area (Å²) in [5, 5.41) is 3.52. The predicted octanol–water partition coefficient (Wildman–Crippen LogP) is 5.73. The molecule has 0 saturated heterocycles. The van der Waals surface area contributed by atoms with Crippen LogP contribution in [0.4, 0.5) is 10.2 Å². The normalized spacial score (nSPS) is 12.0. The molecule has 0 bridgehead atoms. The molecule has 0 aliphatic rings. The van der Waals surface area contributed by atoms with Gasteiger partial charge in [-0.3, -0.25) is 19.1 Å². The Hall–Kier alpha value is -4.59. The third-order valence-corrected chi connectivity index (χ3v) is 6.79. The van der Waals surface area contributed by atoms with E-state index in [9.17, 15) is 14.0 Å². The number of carbonyl (C=O) groups excluding carboxylic acids is 1. The van der Waals surface area contributed by atoms with Crippen LogP contribution in [0.2, 0.25) is 0 Å². The van der Waals surface area contributed by atoms with Crippen molar-refractivity contribution in [1.29, 1.82) is 0 Å². The molecule has 1 N–H and O–H groups in total. The number of anilines is 1. The molecular weight excluding hydrogens is 481 g/mol. The van der Waals surface area contributed by atoms with Gasteiger partial charge in [0.25, 0.3) is 5.56 Å². The highest BCUT2D eigenvalue weighted by Crippen LogP contribution is 2.26. The molecule has 0 aliphatic carbocycles. The van der Waals surface area contributed by atoms with Gasteiger partial charge in [-0.2, -0.15) is 0 Å². The van der Waals surface area contributed by atoms with Crippen LogP contribution in [0.1, 0.15) is 31.4 Å². The smallest absolute Gasteiger partial charge is 0.294 e.